The molecule has 3 fully saturated rings. The summed E-state index contributed by atoms with van der Waals surface area (Å²) in [6, 6.07) is 7.53. The van der Waals surface area contributed by atoms with Crippen LogP contribution in [0.4, 0.5) is 0 Å². The van der Waals surface area contributed by atoms with Crippen LogP contribution in [0, 0.1) is 5.41 Å². The smallest absolute Gasteiger partial charge is 0.338 e. The van der Waals surface area contributed by atoms with Gasteiger partial charge in [-0.2, -0.15) is 0 Å². The predicted molar refractivity (Wildman–Crippen MR) is 73.4 cm³/mol. The number of aliphatic hydroxyl groups is 1. The molecule has 4 heteroatoms. The molecule has 4 rings (SSSR count). The number of methoxy groups -OCH3 is 1. The molecule has 1 aromatic carbocycles. The number of rotatable bonds is 3. The molecule has 0 amide bonds. The van der Waals surface area contributed by atoms with E-state index in [1.807, 2.05) is 18.2 Å². The van der Waals surface area contributed by atoms with Crippen molar-refractivity contribution in [3.05, 3.63) is 35.4 Å². The van der Waals surface area contributed by atoms with Crippen LogP contribution in [0.3, 0.4) is 0 Å². The Labute approximate surface area is 118 Å². The third-order valence-corrected chi connectivity index (χ3v) is 4.93. The number of carbonyl (C=O) groups excluding carboxylic acids is 1. The third-order valence-electron chi connectivity index (χ3n) is 4.93. The molecule has 0 atom stereocenters. The first-order chi connectivity index (χ1) is 9.65. The summed E-state index contributed by atoms with van der Waals surface area (Å²) in [5.74, 6) is -0.317. The number of hydrogen-bond donors (Lipinski definition) is 1. The first kappa shape index (κ1) is 13.6. The van der Waals surface area contributed by atoms with E-state index in [4.69, 9.17) is 9.47 Å². The van der Waals surface area contributed by atoms with Gasteiger partial charge in [0.1, 0.15) is 0 Å². The lowest BCUT2D eigenvalue weighted by Gasteiger charge is -2.53. The summed E-state index contributed by atoms with van der Waals surface area (Å²) < 4.78 is 11.0. The van der Waals surface area contributed by atoms with Crippen molar-refractivity contribution < 1.29 is 19.4 Å². The molecule has 2 saturated heterocycles. The van der Waals surface area contributed by atoms with Gasteiger partial charge in [-0.3, -0.25) is 0 Å². The van der Waals surface area contributed by atoms with Crippen LogP contribution in [0.1, 0.15) is 41.6 Å². The lowest BCUT2D eigenvalue weighted by Crippen LogP contribution is -2.51. The van der Waals surface area contributed by atoms with E-state index in [2.05, 4.69) is 0 Å². The van der Waals surface area contributed by atoms with Gasteiger partial charge in [0.2, 0.25) is 0 Å². The Morgan fingerprint density at radius 3 is 2.55 bits per heavy atom. The lowest BCUT2D eigenvalue weighted by atomic mass is 9.64. The number of benzene rings is 1. The molecule has 3 aliphatic rings. The number of ether oxygens (including phenoxy) is 2. The van der Waals surface area contributed by atoms with Gasteiger partial charge >= 0.3 is 5.97 Å². The minimum Gasteiger partial charge on any atom is -0.465 e. The second kappa shape index (κ2) is 4.86. The van der Waals surface area contributed by atoms with E-state index >= 15 is 0 Å². The molecule has 0 unspecified atom stereocenters. The van der Waals surface area contributed by atoms with Crippen molar-refractivity contribution in [3.8, 4) is 0 Å². The van der Waals surface area contributed by atoms with Crippen LogP contribution in [0.15, 0.2) is 24.3 Å². The summed E-state index contributed by atoms with van der Waals surface area (Å²) in [6.07, 6.45) is 3.58. The normalized spacial score (nSPS) is 32.1. The zero-order chi connectivity index (χ0) is 14.2. The minimum absolute atomic E-state index is 0.0675. The largest absolute Gasteiger partial charge is 0.465 e. The van der Waals surface area contributed by atoms with Gasteiger partial charge in [0.25, 0.3) is 0 Å². The molecule has 1 N–H and O–H groups in total. The lowest BCUT2D eigenvalue weighted by molar-refractivity contribution is -0.199. The topological polar surface area (TPSA) is 55.8 Å². The zero-order valence-electron chi connectivity index (χ0n) is 11.7. The number of esters is 1. The second-order valence-corrected chi connectivity index (χ2v) is 5.98. The van der Waals surface area contributed by atoms with E-state index in [9.17, 15) is 9.90 Å². The van der Waals surface area contributed by atoms with Crippen LogP contribution >= 0.6 is 0 Å². The van der Waals surface area contributed by atoms with Crippen LogP contribution in [-0.2, 0) is 15.1 Å². The molecule has 1 aromatic rings. The molecule has 1 aliphatic carbocycles. The first-order valence-corrected chi connectivity index (χ1v) is 7.07. The third kappa shape index (κ3) is 1.95. The molecule has 1 saturated carbocycles. The Morgan fingerprint density at radius 2 is 2.00 bits per heavy atom. The van der Waals surface area contributed by atoms with Gasteiger partial charge in [-0.05, 0) is 37.3 Å². The molecule has 0 spiro atoms. The Morgan fingerprint density at radius 1 is 1.30 bits per heavy atom. The van der Waals surface area contributed by atoms with Crippen LogP contribution < -0.4 is 0 Å². The van der Waals surface area contributed by atoms with Crippen LogP contribution in [0.25, 0.3) is 0 Å². The molecule has 4 nitrogen and oxygen atoms in total. The van der Waals surface area contributed by atoms with Crippen molar-refractivity contribution in [1.29, 1.82) is 0 Å². The van der Waals surface area contributed by atoms with E-state index < -0.39 is 0 Å². The van der Waals surface area contributed by atoms with Crippen LogP contribution in [0.5, 0.6) is 0 Å². The van der Waals surface area contributed by atoms with Gasteiger partial charge in [-0.15, -0.1) is 0 Å². The fourth-order valence-electron chi connectivity index (χ4n) is 3.48. The van der Waals surface area contributed by atoms with Gasteiger partial charge in [-0.1, -0.05) is 18.2 Å². The van der Waals surface area contributed by atoms with E-state index in [0.29, 0.717) is 12.2 Å². The van der Waals surface area contributed by atoms with Crippen molar-refractivity contribution in [2.45, 2.75) is 31.3 Å². The highest BCUT2D eigenvalue weighted by atomic mass is 16.5. The molecule has 2 aliphatic heterocycles. The first-order valence-electron chi connectivity index (χ1n) is 7.07. The van der Waals surface area contributed by atoms with Gasteiger partial charge < -0.3 is 14.6 Å². The molecule has 2 heterocycles. The van der Waals surface area contributed by atoms with Crippen molar-refractivity contribution in [2.75, 3.05) is 20.3 Å². The summed E-state index contributed by atoms with van der Waals surface area (Å²) in [7, 11) is 1.40. The Hall–Kier alpha value is -1.39. The Balaban J connectivity index is 1.97. The quantitative estimate of drug-likeness (QED) is 0.860. The van der Waals surface area contributed by atoms with E-state index in [-0.39, 0.29) is 23.6 Å². The standard InChI is InChI=1S/C16H20O4/c1-19-14(18)12-4-2-3-5-13(12)16-8-6-15(10-17,7-9-16)11-20-16/h2-5,17H,6-11H2,1H3. The average Bonchev–Trinajstić information content (AvgIpc) is 2.56. The second-order valence-electron chi connectivity index (χ2n) is 5.98. The highest BCUT2D eigenvalue weighted by Gasteiger charge is 2.51. The fourth-order valence-corrected chi connectivity index (χ4v) is 3.48. The van der Waals surface area contributed by atoms with E-state index in [1.165, 1.54) is 7.11 Å². The molecule has 0 aromatic heterocycles. The van der Waals surface area contributed by atoms with E-state index in [1.54, 1.807) is 6.07 Å². The van der Waals surface area contributed by atoms with Gasteiger partial charge in [0, 0.05) is 5.41 Å². The number of hydrogen-bond acceptors (Lipinski definition) is 4. The number of fused-ring (bicyclic) bond motifs is 3. The van der Waals surface area contributed by atoms with Crippen LogP contribution in [-0.4, -0.2) is 31.4 Å². The van der Waals surface area contributed by atoms with Crippen molar-refractivity contribution >= 4 is 5.97 Å². The highest BCUT2D eigenvalue weighted by molar-refractivity contribution is 5.91. The maximum Gasteiger partial charge on any atom is 0.338 e. The van der Waals surface area contributed by atoms with Crippen molar-refractivity contribution in [3.63, 3.8) is 0 Å². The summed E-state index contributed by atoms with van der Waals surface area (Å²) in [4.78, 5) is 11.9. The van der Waals surface area contributed by atoms with Gasteiger partial charge in [-0.25, -0.2) is 4.79 Å². The van der Waals surface area contributed by atoms with Gasteiger partial charge in [0.05, 0.1) is 31.5 Å². The van der Waals surface area contributed by atoms with Crippen molar-refractivity contribution in [1.82, 2.24) is 0 Å². The van der Waals surface area contributed by atoms with E-state index in [0.717, 1.165) is 31.2 Å². The summed E-state index contributed by atoms with van der Waals surface area (Å²) in [6.45, 7) is 0.751. The SMILES string of the molecule is COC(=O)c1ccccc1C12CCC(CO)(CC1)CO2. The molecule has 0 radical (unpaired) electrons. The highest BCUT2D eigenvalue weighted by Crippen LogP contribution is 2.53. The Kier molecular flexibility index (Phi) is 3.30. The summed E-state index contributed by atoms with van der Waals surface area (Å²) >= 11 is 0. The van der Waals surface area contributed by atoms with Gasteiger partial charge in [0.15, 0.2) is 0 Å². The maximum absolute atomic E-state index is 11.9. The average molecular weight is 276 g/mol. The predicted octanol–water partition coefficient (Wildman–Crippen LogP) is 2.25. The zero-order valence-corrected chi connectivity index (χ0v) is 11.7. The maximum atomic E-state index is 11.9. The fraction of sp³-hybridized carbons (Fsp3) is 0.562. The molecule has 108 valence electrons. The number of carbonyl (C=O) groups is 1. The van der Waals surface area contributed by atoms with Crippen molar-refractivity contribution in [2.24, 2.45) is 5.41 Å². The monoisotopic (exact) mass is 276 g/mol. The Bertz CT molecular complexity index is 498. The molecular weight excluding hydrogens is 256 g/mol. The molecule has 20 heavy (non-hydrogen) atoms. The minimum atomic E-state index is -0.387. The number of aliphatic hydroxyl groups excluding tert-OH is 1. The molecule has 2 bridgehead atoms. The summed E-state index contributed by atoms with van der Waals surface area (Å²) in [5, 5.41) is 9.55. The van der Waals surface area contributed by atoms with Crippen LogP contribution in [0.2, 0.25) is 0 Å². The summed E-state index contributed by atoms with van der Waals surface area (Å²) in [5.41, 5.74) is 1.07. The molecular formula is C16H20O4.